The zero-order valence-corrected chi connectivity index (χ0v) is 16.3. The Balaban J connectivity index is 2.05. The van der Waals surface area contributed by atoms with Crippen molar-refractivity contribution in [3.8, 4) is 28.5 Å². The number of aromatic amines is 2. The first kappa shape index (κ1) is 19.3. The molecule has 0 radical (unpaired) electrons. The van der Waals surface area contributed by atoms with E-state index in [2.05, 4.69) is 20.2 Å². The number of hydrogen-bond donors (Lipinski definition) is 2. The summed E-state index contributed by atoms with van der Waals surface area (Å²) in [5.41, 5.74) is 1.68. The zero-order valence-electron chi connectivity index (χ0n) is 15.5. The predicted octanol–water partition coefficient (Wildman–Crippen LogP) is 3.27. The first-order valence-corrected chi connectivity index (χ1v) is 8.60. The first-order chi connectivity index (χ1) is 13.6. The third-order valence-corrected chi connectivity index (χ3v) is 4.10. The standard InChI is InChI=1S/C19H18N4O4S/c1-25-14-8-11(9-15(26-2)17(14)27-3)10-20-13-7-5-4-6-12(13)16-18(24)21-19(28)23-22-16/h4-10H,1-3H3,(H2,21,23,24,28). The largest absolute Gasteiger partial charge is 0.493 e. The van der Waals surface area contributed by atoms with Crippen molar-refractivity contribution in [1.29, 1.82) is 0 Å². The van der Waals surface area contributed by atoms with Crippen LogP contribution < -0.4 is 19.8 Å². The topological polar surface area (TPSA) is 102 Å². The third-order valence-electron chi connectivity index (χ3n) is 3.91. The Bertz CT molecular complexity index is 1110. The molecular formula is C19H18N4O4S. The number of aromatic nitrogens is 3. The maximum atomic E-state index is 12.2. The van der Waals surface area contributed by atoms with Crippen LogP contribution >= 0.6 is 12.2 Å². The highest BCUT2D eigenvalue weighted by Gasteiger charge is 2.13. The lowest BCUT2D eigenvalue weighted by molar-refractivity contribution is 0.324. The number of aliphatic imine (C=N–C) groups is 1. The lowest BCUT2D eigenvalue weighted by Crippen LogP contribution is -2.12. The van der Waals surface area contributed by atoms with Crippen molar-refractivity contribution in [3.05, 3.63) is 57.1 Å². The minimum absolute atomic E-state index is 0.159. The average molecular weight is 398 g/mol. The second-order valence-electron chi connectivity index (χ2n) is 5.59. The molecule has 0 aliphatic rings. The molecular weight excluding hydrogens is 380 g/mol. The molecule has 0 aliphatic carbocycles. The number of nitrogens with one attached hydrogen (secondary N) is 2. The van der Waals surface area contributed by atoms with Gasteiger partial charge < -0.3 is 14.2 Å². The molecule has 1 aromatic heterocycles. The number of ether oxygens (including phenoxy) is 3. The average Bonchev–Trinajstić information content (AvgIpc) is 2.71. The highest BCUT2D eigenvalue weighted by molar-refractivity contribution is 7.71. The van der Waals surface area contributed by atoms with Crippen molar-refractivity contribution < 1.29 is 14.2 Å². The van der Waals surface area contributed by atoms with E-state index in [1.54, 1.807) is 57.9 Å². The van der Waals surface area contributed by atoms with Crippen LogP contribution in [0.25, 0.3) is 11.3 Å². The summed E-state index contributed by atoms with van der Waals surface area (Å²) >= 11 is 4.89. The fourth-order valence-corrected chi connectivity index (χ4v) is 2.78. The van der Waals surface area contributed by atoms with Crippen LogP contribution in [0.15, 0.2) is 46.2 Å². The van der Waals surface area contributed by atoms with Gasteiger partial charge in [0.15, 0.2) is 22.0 Å². The molecule has 0 aliphatic heterocycles. The van der Waals surface area contributed by atoms with Gasteiger partial charge in [-0.3, -0.25) is 19.9 Å². The quantitative estimate of drug-likeness (QED) is 0.488. The lowest BCUT2D eigenvalue weighted by atomic mass is 10.1. The Labute approximate surface area is 165 Å². The Morgan fingerprint density at radius 1 is 1.07 bits per heavy atom. The molecule has 0 amide bonds. The van der Waals surface area contributed by atoms with Gasteiger partial charge in [-0.15, -0.1) is 0 Å². The summed E-state index contributed by atoms with van der Waals surface area (Å²) in [5, 5.41) is 6.63. The summed E-state index contributed by atoms with van der Waals surface area (Å²) in [6.45, 7) is 0. The van der Waals surface area contributed by atoms with Crippen LogP contribution in [-0.4, -0.2) is 42.7 Å². The maximum absolute atomic E-state index is 12.2. The van der Waals surface area contributed by atoms with E-state index in [-0.39, 0.29) is 16.0 Å². The van der Waals surface area contributed by atoms with Crippen LogP contribution in [0.3, 0.4) is 0 Å². The minimum atomic E-state index is -0.390. The highest BCUT2D eigenvalue weighted by Crippen LogP contribution is 2.38. The molecule has 2 aromatic carbocycles. The summed E-state index contributed by atoms with van der Waals surface area (Å²) in [5.74, 6) is 1.54. The molecule has 3 rings (SSSR count). The Morgan fingerprint density at radius 3 is 2.36 bits per heavy atom. The molecule has 0 saturated carbocycles. The third kappa shape index (κ3) is 3.94. The number of nitrogens with zero attached hydrogens (tertiary/aromatic N) is 2. The van der Waals surface area contributed by atoms with Crippen molar-refractivity contribution in [2.24, 2.45) is 4.99 Å². The minimum Gasteiger partial charge on any atom is -0.493 e. The number of para-hydroxylation sites is 1. The van der Waals surface area contributed by atoms with E-state index in [1.807, 2.05) is 6.07 Å². The van der Waals surface area contributed by atoms with Crippen LogP contribution in [0.2, 0.25) is 0 Å². The van der Waals surface area contributed by atoms with Crippen LogP contribution in [0.1, 0.15) is 5.56 Å². The van der Waals surface area contributed by atoms with Gasteiger partial charge in [0, 0.05) is 17.3 Å². The molecule has 0 fully saturated rings. The molecule has 3 aromatic rings. The van der Waals surface area contributed by atoms with E-state index < -0.39 is 0 Å². The van der Waals surface area contributed by atoms with Gasteiger partial charge in [-0.25, -0.2) is 0 Å². The lowest BCUT2D eigenvalue weighted by Gasteiger charge is -2.12. The molecule has 1 heterocycles. The summed E-state index contributed by atoms with van der Waals surface area (Å²) in [4.78, 5) is 19.2. The van der Waals surface area contributed by atoms with Gasteiger partial charge in [0.05, 0.1) is 27.0 Å². The summed E-state index contributed by atoms with van der Waals surface area (Å²) in [6.07, 6.45) is 1.64. The van der Waals surface area contributed by atoms with Crippen LogP contribution in [0.4, 0.5) is 5.69 Å². The fraction of sp³-hybridized carbons (Fsp3) is 0.158. The number of hydrogen-bond acceptors (Lipinski definition) is 7. The number of H-pyrrole nitrogens is 2. The Kier molecular flexibility index (Phi) is 5.85. The summed E-state index contributed by atoms with van der Waals surface area (Å²) in [7, 11) is 4.63. The second-order valence-corrected chi connectivity index (χ2v) is 6.00. The molecule has 0 saturated heterocycles. The van der Waals surface area contributed by atoms with Gasteiger partial charge in [0.2, 0.25) is 5.75 Å². The van der Waals surface area contributed by atoms with Gasteiger partial charge in [-0.1, -0.05) is 18.2 Å². The normalized spacial score (nSPS) is 10.8. The van der Waals surface area contributed by atoms with Crippen molar-refractivity contribution in [1.82, 2.24) is 15.2 Å². The SMILES string of the molecule is COc1cc(C=Nc2ccccc2-c2n[nH]c(=S)[nH]c2=O)cc(OC)c1OC. The molecule has 0 atom stereocenters. The van der Waals surface area contributed by atoms with E-state index in [0.717, 1.165) is 5.56 Å². The molecule has 9 heteroatoms. The summed E-state index contributed by atoms with van der Waals surface area (Å²) < 4.78 is 16.2. The number of benzene rings is 2. The number of methoxy groups -OCH3 is 3. The van der Waals surface area contributed by atoms with Gasteiger partial charge in [-0.2, -0.15) is 5.10 Å². The highest BCUT2D eigenvalue weighted by atomic mass is 32.1. The van der Waals surface area contributed by atoms with Gasteiger partial charge in [0.1, 0.15) is 0 Å². The van der Waals surface area contributed by atoms with Gasteiger partial charge in [0.25, 0.3) is 5.56 Å². The van der Waals surface area contributed by atoms with Crippen molar-refractivity contribution in [2.45, 2.75) is 0 Å². The zero-order chi connectivity index (χ0) is 20.1. The van der Waals surface area contributed by atoms with Gasteiger partial charge in [-0.05, 0) is 30.4 Å². The summed E-state index contributed by atoms with van der Waals surface area (Å²) in [6, 6.07) is 10.7. The second kappa shape index (κ2) is 8.49. The van der Waals surface area contributed by atoms with Crippen LogP contribution in [0, 0.1) is 4.77 Å². The Morgan fingerprint density at radius 2 is 1.75 bits per heavy atom. The molecule has 0 bridgehead atoms. The maximum Gasteiger partial charge on any atom is 0.278 e. The van der Waals surface area contributed by atoms with E-state index in [0.29, 0.717) is 28.5 Å². The van der Waals surface area contributed by atoms with E-state index >= 15 is 0 Å². The van der Waals surface area contributed by atoms with Crippen molar-refractivity contribution in [2.75, 3.05) is 21.3 Å². The van der Waals surface area contributed by atoms with Crippen molar-refractivity contribution in [3.63, 3.8) is 0 Å². The van der Waals surface area contributed by atoms with E-state index in [1.165, 1.54) is 0 Å². The molecule has 144 valence electrons. The molecule has 0 unspecified atom stereocenters. The van der Waals surface area contributed by atoms with Crippen LogP contribution in [0.5, 0.6) is 17.2 Å². The molecule has 0 spiro atoms. The molecule has 8 nitrogen and oxygen atoms in total. The van der Waals surface area contributed by atoms with E-state index in [9.17, 15) is 4.79 Å². The van der Waals surface area contributed by atoms with Crippen LogP contribution in [-0.2, 0) is 0 Å². The molecule has 2 N–H and O–H groups in total. The van der Waals surface area contributed by atoms with Gasteiger partial charge >= 0.3 is 0 Å². The molecule has 28 heavy (non-hydrogen) atoms. The van der Waals surface area contributed by atoms with E-state index in [4.69, 9.17) is 26.4 Å². The monoisotopic (exact) mass is 398 g/mol. The fourth-order valence-electron chi connectivity index (χ4n) is 2.64. The number of rotatable bonds is 6. The van der Waals surface area contributed by atoms with Crippen molar-refractivity contribution >= 4 is 24.1 Å². The Hall–Kier alpha value is -3.46. The smallest absolute Gasteiger partial charge is 0.278 e. The predicted molar refractivity (Wildman–Crippen MR) is 109 cm³/mol. The first-order valence-electron chi connectivity index (χ1n) is 8.20.